The SMILES string of the molecule is Cc1ccc(O[C@@H]2C[C@@H]3CNC[C@@H]3C[C@H]2O)c(C)c1Cl.Cl. The zero-order valence-corrected chi connectivity index (χ0v) is 14.0. The third-order valence-corrected chi connectivity index (χ3v) is 5.38. The highest BCUT2D eigenvalue weighted by Gasteiger charge is 2.40. The zero-order valence-electron chi connectivity index (χ0n) is 12.4. The molecular weight excluding hydrogens is 309 g/mol. The maximum absolute atomic E-state index is 10.3. The van der Waals surface area contributed by atoms with Gasteiger partial charge in [0.05, 0.1) is 11.1 Å². The fourth-order valence-electron chi connectivity index (χ4n) is 3.48. The van der Waals surface area contributed by atoms with Crippen LogP contribution in [0, 0.1) is 25.7 Å². The molecule has 0 unspecified atom stereocenters. The highest BCUT2D eigenvalue weighted by Crippen LogP contribution is 2.36. The van der Waals surface area contributed by atoms with Crippen LogP contribution in [-0.2, 0) is 0 Å². The standard InChI is InChI=1S/C16H22ClNO2.ClH/c1-9-3-4-14(10(2)16(9)17)20-15-6-12-8-18-7-11(12)5-13(15)19;/h3-4,11-13,15,18-19H,5-8H2,1-2H3;1H/t11-,12+,13+,15+;/m0./s1. The summed E-state index contributed by atoms with van der Waals surface area (Å²) in [6.45, 7) is 6.04. The summed E-state index contributed by atoms with van der Waals surface area (Å²) in [5.41, 5.74) is 2.02. The molecule has 1 aliphatic heterocycles. The van der Waals surface area contributed by atoms with E-state index >= 15 is 0 Å². The molecule has 0 radical (unpaired) electrons. The fraction of sp³-hybridized carbons (Fsp3) is 0.625. The molecule has 3 nitrogen and oxygen atoms in total. The lowest BCUT2D eigenvalue weighted by Crippen LogP contribution is -2.42. The molecule has 2 N–H and O–H groups in total. The van der Waals surface area contributed by atoms with Crippen molar-refractivity contribution in [1.29, 1.82) is 0 Å². The second kappa shape index (κ2) is 6.74. The Morgan fingerprint density at radius 1 is 1.19 bits per heavy atom. The monoisotopic (exact) mass is 331 g/mol. The average molecular weight is 332 g/mol. The Morgan fingerprint density at radius 2 is 1.86 bits per heavy atom. The van der Waals surface area contributed by atoms with Crippen molar-refractivity contribution in [3.63, 3.8) is 0 Å². The summed E-state index contributed by atoms with van der Waals surface area (Å²) in [6.07, 6.45) is 1.26. The minimum absolute atomic E-state index is 0. The van der Waals surface area contributed by atoms with Crippen molar-refractivity contribution in [3.05, 3.63) is 28.3 Å². The molecule has 0 bridgehead atoms. The van der Waals surface area contributed by atoms with E-state index in [-0.39, 0.29) is 24.6 Å². The van der Waals surface area contributed by atoms with Crippen LogP contribution in [0.25, 0.3) is 0 Å². The Balaban J connectivity index is 0.00000161. The smallest absolute Gasteiger partial charge is 0.125 e. The number of hydrogen-bond acceptors (Lipinski definition) is 3. The van der Waals surface area contributed by atoms with Crippen LogP contribution in [0.2, 0.25) is 5.02 Å². The van der Waals surface area contributed by atoms with Crippen molar-refractivity contribution >= 4 is 24.0 Å². The van der Waals surface area contributed by atoms with Crippen LogP contribution >= 0.6 is 24.0 Å². The minimum atomic E-state index is -0.379. The first kappa shape index (κ1) is 16.9. The van der Waals surface area contributed by atoms with E-state index in [2.05, 4.69) is 5.32 Å². The van der Waals surface area contributed by atoms with Crippen LogP contribution in [0.5, 0.6) is 5.75 Å². The molecule has 1 saturated carbocycles. The van der Waals surface area contributed by atoms with E-state index in [9.17, 15) is 5.11 Å². The quantitative estimate of drug-likeness (QED) is 0.874. The van der Waals surface area contributed by atoms with E-state index in [1.807, 2.05) is 26.0 Å². The first-order chi connectivity index (χ1) is 9.56. The molecule has 1 aliphatic carbocycles. The minimum Gasteiger partial charge on any atom is -0.487 e. The first-order valence-electron chi connectivity index (χ1n) is 7.37. The number of hydrogen-bond donors (Lipinski definition) is 2. The second-order valence-corrected chi connectivity index (χ2v) is 6.57. The van der Waals surface area contributed by atoms with Crippen LogP contribution < -0.4 is 10.1 Å². The Labute approximate surface area is 137 Å². The number of nitrogens with one attached hydrogen (secondary N) is 1. The summed E-state index contributed by atoms with van der Waals surface area (Å²) in [4.78, 5) is 0. The third-order valence-electron chi connectivity index (χ3n) is 4.80. The Morgan fingerprint density at radius 3 is 2.57 bits per heavy atom. The normalized spacial score (nSPS) is 31.4. The summed E-state index contributed by atoms with van der Waals surface area (Å²) in [7, 11) is 0. The molecule has 0 aromatic heterocycles. The molecule has 118 valence electrons. The molecule has 21 heavy (non-hydrogen) atoms. The van der Waals surface area contributed by atoms with Crippen molar-refractivity contribution in [3.8, 4) is 5.75 Å². The lowest BCUT2D eigenvalue weighted by molar-refractivity contribution is -0.0234. The Hall–Kier alpha value is -0.480. The van der Waals surface area contributed by atoms with Gasteiger partial charge in [-0.05, 0) is 63.2 Å². The topological polar surface area (TPSA) is 41.5 Å². The number of ether oxygens (including phenoxy) is 1. The van der Waals surface area contributed by atoms with Gasteiger partial charge in [0, 0.05) is 5.56 Å². The number of benzene rings is 1. The predicted molar refractivity (Wildman–Crippen MR) is 87.7 cm³/mol. The molecule has 1 heterocycles. The summed E-state index contributed by atoms with van der Waals surface area (Å²) in [5, 5.41) is 14.5. The van der Waals surface area contributed by atoms with Gasteiger partial charge in [-0.1, -0.05) is 17.7 Å². The van der Waals surface area contributed by atoms with Gasteiger partial charge in [-0.15, -0.1) is 12.4 Å². The van der Waals surface area contributed by atoms with Gasteiger partial charge in [0.1, 0.15) is 11.9 Å². The number of rotatable bonds is 2. The van der Waals surface area contributed by atoms with Gasteiger partial charge in [-0.25, -0.2) is 0 Å². The van der Waals surface area contributed by atoms with Crippen molar-refractivity contribution in [1.82, 2.24) is 5.32 Å². The second-order valence-electron chi connectivity index (χ2n) is 6.19. The molecule has 1 aromatic carbocycles. The van der Waals surface area contributed by atoms with E-state index in [1.54, 1.807) is 0 Å². The van der Waals surface area contributed by atoms with Gasteiger partial charge in [0.2, 0.25) is 0 Å². The highest BCUT2D eigenvalue weighted by atomic mass is 35.5. The van der Waals surface area contributed by atoms with Crippen LogP contribution in [0.1, 0.15) is 24.0 Å². The molecule has 0 amide bonds. The molecule has 4 atom stereocenters. The molecule has 1 saturated heterocycles. The number of aryl methyl sites for hydroxylation is 1. The van der Waals surface area contributed by atoms with Crippen molar-refractivity contribution in [2.24, 2.45) is 11.8 Å². The van der Waals surface area contributed by atoms with Crippen LogP contribution in [0.15, 0.2) is 12.1 Å². The van der Waals surface area contributed by atoms with Gasteiger partial charge in [-0.2, -0.15) is 0 Å². The highest BCUT2D eigenvalue weighted by molar-refractivity contribution is 6.32. The fourth-order valence-corrected chi connectivity index (χ4v) is 3.63. The number of halogens is 2. The lowest BCUT2D eigenvalue weighted by Gasteiger charge is -2.35. The van der Waals surface area contributed by atoms with E-state index in [0.29, 0.717) is 11.8 Å². The van der Waals surface area contributed by atoms with Crippen LogP contribution in [0.4, 0.5) is 0 Å². The average Bonchev–Trinajstić information content (AvgIpc) is 2.86. The van der Waals surface area contributed by atoms with Crippen LogP contribution in [-0.4, -0.2) is 30.4 Å². The third kappa shape index (κ3) is 3.31. The number of aliphatic hydroxyl groups is 1. The summed E-state index contributed by atoms with van der Waals surface area (Å²) in [6, 6.07) is 3.93. The summed E-state index contributed by atoms with van der Waals surface area (Å²) < 4.78 is 6.08. The Kier molecular flexibility index (Phi) is 5.42. The predicted octanol–water partition coefficient (Wildman–Crippen LogP) is 3.12. The Bertz CT molecular complexity index is 509. The van der Waals surface area contributed by atoms with Gasteiger partial charge in [0.25, 0.3) is 0 Å². The van der Waals surface area contributed by atoms with Gasteiger partial charge >= 0.3 is 0 Å². The van der Waals surface area contributed by atoms with Gasteiger partial charge < -0.3 is 15.2 Å². The van der Waals surface area contributed by atoms with Gasteiger partial charge in [0.15, 0.2) is 0 Å². The molecule has 2 fully saturated rings. The maximum Gasteiger partial charge on any atom is 0.125 e. The molecule has 1 aromatic rings. The van der Waals surface area contributed by atoms with Crippen molar-refractivity contribution in [2.75, 3.05) is 13.1 Å². The van der Waals surface area contributed by atoms with E-state index in [4.69, 9.17) is 16.3 Å². The molecule has 5 heteroatoms. The summed E-state index contributed by atoms with van der Waals surface area (Å²) >= 11 is 6.27. The van der Waals surface area contributed by atoms with E-state index in [1.165, 1.54) is 0 Å². The lowest BCUT2D eigenvalue weighted by atomic mass is 9.78. The summed E-state index contributed by atoms with van der Waals surface area (Å²) in [5.74, 6) is 2.03. The van der Waals surface area contributed by atoms with Crippen molar-refractivity contribution in [2.45, 2.75) is 38.9 Å². The largest absolute Gasteiger partial charge is 0.487 e. The maximum atomic E-state index is 10.3. The van der Waals surface area contributed by atoms with Gasteiger partial charge in [-0.3, -0.25) is 0 Å². The molecular formula is C16H23Cl2NO2. The van der Waals surface area contributed by atoms with E-state index < -0.39 is 0 Å². The van der Waals surface area contributed by atoms with Crippen LogP contribution in [0.3, 0.4) is 0 Å². The molecule has 0 spiro atoms. The zero-order chi connectivity index (χ0) is 14.3. The molecule has 3 rings (SSSR count). The van der Waals surface area contributed by atoms with E-state index in [0.717, 1.165) is 47.8 Å². The first-order valence-corrected chi connectivity index (χ1v) is 7.75. The number of fused-ring (bicyclic) bond motifs is 1. The molecule has 2 aliphatic rings. The van der Waals surface area contributed by atoms with Crippen molar-refractivity contribution < 1.29 is 9.84 Å². The number of aliphatic hydroxyl groups excluding tert-OH is 1.